The van der Waals surface area contributed by atoms with Crippen LogP contribution < -0.4 is 4.74 Å². The highest BCUT2D eigenvalue weighted by molar-refractivity contribution is 5.88. The molecular formula is C15H17NO2. The number of carbonyl (C=O) groups excluding carboxylic acids is 1. The molecule has 1 aliphatic rings. The molecule has 0 unspecified atom stereocenters. The van der Waals surface area contributed by atoms with Gasteiger partial charge in [-0.05, 0) is 35.8 Å². The SMILES string of the molecule is COc1ccc(C2=CC(N(C)C)=CC2)c(C=O)c1. The zero-order chi connectivity index (χ0) is 13.1. The third-order valence-electron chi connectivity index (χ3n) is 3.10. The minimum atomic E-state index is 0.675. The Kier molecular flexibility index (Phi) is 3.51. The van der Waals surface area contributed by atoms with Gasteiger partial charge in [0.05, 0.1) is 7.11 Å². The number of benzene rings is 1. The number of carbonyl (C=O) groups is 1. The van der Waals surface area contributed by atoms with Crippen LogP contribution in [0.1, 0.15) is 22.3 Å². The fraction of sp³-hybridized carbons (Fsp3) is 0.267. The molecule has 0 saturated heterocycles. The average molecular weight is 243 g/mol. The van der Waals surface area contributed by atoms with Crippen molar-refractivity contribution in [1.29, 1.82) is 0 Å². The number of nitrogens with zero attached hydrogens (tertiary/aromatic N) is 1. The summed E-state index contributed by atoms with van der Waals surface area (Å²) in [5.41, 5.74) is 4.01. The van der Waals surface area contributed by atoms with E-state index in [9.17, 15) is 4.79 Å². The van der Waals surface area contributed by atoms with E-state index in [1.165, 1.54) is 11.3 Å². The summed E-state index contributed by atoms with van der Waals surface area (Å²) in [6.45, 7) is 0. The molecule has 0 N–H and O–H groups in total. The number of likely N-dealkylation sites (N-methyl/N-ethyl adjacent to an activating group) is 1. The molecule has 2 rings (SSSR count). The Hall–Kier alpha value is -2.03. The van der Waals surface area contributed by atoms with E-state index in [-0.39, 0.29) is 0 Å². The highest BCUT2D eigenvalue weighted by atomic mass is 16.5. The van der Waals surface area contributed by atoms with Crippen LogP contribution in [0.3, 0.4) is 0 Å². The molecule has 3 nitrogen and oxygen atoms in total. The summed E-state index contributed by atoms with van der Waals surface area (Å²) in [5, 5.41) is 0. The first-order chi connectivity index (χ1) is 8.65. The molecule has 0 amide bonds. The molecule has 0 heterocycles. The maximum absolute atomic E-state index is 11.2. The molecule has 3 heteroatoms. The lowest BCUT2D eigenvalue weighted by Gasteiger charge is -2.11. The van der Waals surface area contributed by atoms with E-state index >= 15 is 0 Å². The van der Waals surface area contributed by atoms with Crippen molar-refractivity contribution in [3.05, 3.63) is 47.2 Å². The van der Waals surface area contributed by atoms with Gasteiger partial charge in [-0.25, -0.2) is 0 Å². The first kappa shape index (κ1) is 12.4. The Balaban J connectivity index is 2.36. The minimum absolute atomic E-state index is 0.675. The van der Waals surface area contributed by atoms with Gasteiger partial charge >= 0.3 is 0 Å². The maximum Gasteiger partial charge on any atom is 0.150 e. The van der Waals surface area contributed by atoms with Crippen molar-refractivity contribution in [2.24, 2.45) is 0 Å². The molecular weight excluding hydrogens is 226 g/mol. The van der Waals surface area contributed by atoms with Gasteiger partial charge < -0.3 is 9.64 Å². The smallest absolute Gasteiger partial charge is 0.150 e. The van der Waals surface area contributed by atoms with Gasteiger partial charge in [-0.15, -0.1) is 0 Å². The van der Waals surface area contributed by atoms with Gasteiger partial charge in [-0.1, -0.05) is 12.1 Å². The Labute approximate surface area is 107 Å². The number of ether oxygens (including phenoxy) is 1. The number of rotatable bonds is 4. The fourth-order valence-corrected chi connectivity index (χ4v) is 2.07. The van der Waals surface area contributed by atoms with Crippen LogP contribution in [0.25, 0.3) is 5.57 Å². The van der Waals surface area contributed by atoms with Crippen molar-refractivity contribution in [3.63, 3.8) is 0 Å². The lowest BCUT2D eigenvalue weighted by molar-refractivity contribution is 0.112. The van der Waals surface area contributed by atoms with Gasteiger partial charge in [0.1, 0.15) is 5.75 Å². The second kappa shape index (κ2) is 5.08. The summed E-state index contributed by atoms with van der Waals surface area (Å²) < 4.78 is 5.13. The summed E-state index contributed by atoms with van der Waals surface area (Å²) >= 11 is 0. The summed E-state index contributed by atoms with van der Waals surface area (Å²) in [7, 11) is 5.63. The normalized spacial score (nSPS) is 13.9. The topological polar surface area (TPSA) is 29.5 Å². The molecule has 1 aromatic rings. The molecule has 0 aromatic heterocycles. The van der Waals surface area contributed by atoms with E-state index in [1.54, 1.807) is 13.2 Å². The van der Waals surface area contributed by atoms with Crippen molar-refractivity contribution in [1.82, 2.24) is 4.90 Å². The lowest BCUT2D eigenvalue weighted by Crippen LogP contribution is -2.07. The quantitative estimate of drug-likeness (QED) is 0.761. The molecule has 1 aromatic carbocycles. The first-order valence-corrected chi connectivity index (χ1v) is 5.87. The molecule has 0 radical (unpaired) electrons. The highest BCUT2D eigenvalue weighted by Crippen LogP contribution is 2.31. The third kappa shape index (κ3) is 2.30. The Morgan fingerprint density at radius 2 is 2.11 bits per heavy atom. The van der Waals surface area contributed by atoms with E-state index < -0.39 is 0 Å². The van der Waals surface area contributed by atoms with E-state index in [0.717, 1.165) is 18.3 Å². The highest BCUT2D eigenvalue weighted by Gasteiger charge is 2.13. The average Bonchev–Trinajstić information content (AvgIpc) is 2.87. The van der Waals surface area contributed by atoms with Gasteiger partial charge in [0, 0.05) is 25.4 Å². The van der Waals surface area contributed by atoms with Crippen molar-refractivity contribution in [2.45, 2.75) is 6.42 Å². The molecule has 0 aliphatic heterocycles. The van der Waals surface area contributed by atoms with E-state index in [1.807, 2.05) is 26.2 Å². The molecule has 0 bridgehead atoms. The van der Waals surface area contributed by atoms with Gasteiger partial charge in [0.15, 0.2) is 6.29 Å². The number of hydrogen-bond acceptors (Lipinski definition) is 3. The van der Waals surface area contributed by atoms with Crippen LogP contribution in [0.5, 0.6) is 5.75 Å². The predicted octanol–water partition coefficient (Wildman–Crippen LogP) is 2.74. The van der Waals surface area contributed by atoms with E-state index in [2.05, 4.69) is 17.1 Å². The van der Waals surface area contributed by atoms with Crippen molar-refractivity contribution in [3.8, 4) is 5.75 Å². The number of methoxy groups -OCH3 is 1. The van der Waals surface area contributed by atoms with Crippen LogP contribution in [0.4, 0.5) is 0 Å². The third-order valence-corrected chi connectivity index (χ3v) is 3.10. The second-order valence-corrected chi connectivity index (χ2v) is 4.47. The summed E-state index contributed by atoms with van der Waals surface area (Å²) in [6.07, 6.45) is 6.02. The summed E-state index contributed by atoms with van der Waals surface area (Å²) in [6, 6.07) is 5.61. The van der Waals surface area contributed by atoms with Crippen LogP contribution in [-0.4, -0.2) is 32.4 Å². The molecule has 18 heavy (non-hydrogen) atoms. The van der Waals surface area contributed by atoms with Crippen LogP contribution in [0, 0.1) is 0 Å². The van der Waals surface area contributed by atoms with Crippen LogP contribution >= 0.6 is 0 Å². The zero-order valence-corrected chi connectivity index (χ0v) is 10.9. The van der Waals surface area contributed by atoms with Crippen LogP contribution in [-0.2, 0) is 0 Å². The minimum Gasteiger partial charge on any atom is -0.497 e. The first-order valence-electron chi connectivity index (χ1n) is 5.87. The zero-order valence-electron chi connectivity index (χ0n) is 10.9. The van der Waals surface area contributed by atoms with Gasteiger partial charge in [-0.3, -0.25) is 4.79 Å². The van der Waals surface area contributed by atoms with E-state index in [0.29, 0.717) is 11.3 Å². The largest absolute Gasteiger partial charge is 0.497 e. The summed E-state index contributed by atoms with van der Waals surface area (Å²) in [4.78, 5) is 13.2. The molecule has 0 saturated carbocycles. The van der Waals surface area contributed by atoms with Crippen molar-refractivity contribution in [2.75, 3.05) is 21.2 Å². The predicted molar refractivity (Wildman–Crippen MR) is 72.7 cm³/mol. The molecule has 0 atom stereocenters. The van der Waals surface area contributed by atoms with Gasteiger partial charge in [-0.2, -0.15) is 0 Å². The standard InChI is InChI=1S/C15H17NO2/c1-16(2)13-5-4-11(8-13)15-7-6-14(18-3)9-12(15)10-17/h5-10H,4H2,1-3H3. The molecule has 0 fully saturated rings. The molecule has 1 aliphatic carbocycles. The fourth-order valence-electron chi connectivity index (χ4n) is 2.07. The Morgan fingerprint density at radius 1 is 1.33 bits per heavy atom. The Morgan fingerprint density at radius 3 is 2.67 bits per heavy atom. The molecule has 94 valence electrons. The maximum atomic E-state index is 11.2. The van der Waals surface area contributed by atoms with Gasteiger partial charge in [0.25, 0.3) is 0 Å². The monoisotopic (exact) mass is 243 g/mol. The van der Waals surface area contributed by atoms with E-state index in [4.69, 9.17) is 4.74 Å². The van der Waals surface area contributed by atoms with Crippen LogP contribution in [0.2, 0.25) is 0 Å². The number of allylic oxidation sites excluding steroid dienone is 3. The number of aldehydes is 1. The van der Waals surface area contributed by atoms with Crippen molar-refractivity contribution >= 4 is 11.9 Å². The van der Waals surface area contributed by atoms with Crippen molar-refractivity contribution < 1.29 is 9.53 Å². The number of hydrogen-bond donors (Lipinski definition) is 0. The Bertz CT molecular complexity index is 527. The summed E-state index contributed by atoms with van der Waals surface area (Å²) in [5.74, 6) is 0.709. The lowest BCUT2D eigenvalue weighted by atomic mass is 9.99. The van der Waals surface area contributed by atoms with Gasteiger partial charge in [0.2, 0.25) is 0 Å². The molecule has 0 spiro atoms. The van der Waals surface area contributed by atoms with Crippen LogP contribution in [0.15, 0.2) is 36.0 Å². The second-order valence-electron chi connectivity index (χ2n) is 4.47.